The van der Waals surface area contributed by atoms with Gasteiger partial charge in [-0.2, -0.15) is 16.9 Å². The summed E-state index contributed by atoms with van der Waals surface area (Å²) < 4.78 is 1.56. The van der Waals surface area contributed by atoms with Crippen LogP contribution < -0.4 is 0 Å². The van der Waals surface area contributed by atoms with Crippen molar-refractivity contribution in [2.24, 2.45) is 7.05 Å². The van der Waals surface area contributed by atoms with Gasteiger partial charge >= 0.3 is 0 Å². The molecule has 1 aliphatic rings. The summed E-state index contributed by atoms with van der Waals surface area (Å²) in [5.41, 5.74) is 0.534. The van der Waals surface area contributed by atoms with E-state index in [1.165, 1.54) is 31.9 Å². The first kappa shape index (κ1) is 12.0. The van der Waals surface area contributed by atoms with Gasteiger partial charge in [0.05, 0.1) is 17.0 Å². The van der Waals surface area contributed by atoms with Crippen molar-refractivity contribution in [1.82, 2.24) is 9.78 Å². The minimum absolute atomic E-state index is 0.0851. The Morgan fingerprint density at radius 1 is 1.62 bits per heavy atom. The van der Waals surface area contributed by atoms with E-state index in [2.05, 4.69) is 5.10 Å². The first-order chi connectivity index (χ1) is 7.68. The lowest BCUT2D eigenvalue weighted by Gasteiger charge is -2.07. The standard InChI is InChI=1S/C11H15ClN2OS/c1-14-11(9(12)6-13-14)10(15)7-16-8-4-2-3-5-8/h6,8H,2-5,7H2,1H3. The molecule has 2 rings (SSSR count). The average molecular weight is 259 g/mol. The van der Waals surface area contributed by atoms with Crippen LogP contribution in [0.5, 0.6) is 0 Å². The molecular weight excluding hydrogens is 244 g/mol. The van der Waals surface area contributed by atoms with Gasteiger partial charge in [0.15, 0.2) is 5.78 Å². The third-order valence-corrected chi connectivity index (χ3v) is 4.56. The number of carbonyl (C=O) groups excluding carboxylic acids is 1. The second kappa shape index (κ2) is 5.23. The first-order valence-electron chi connectivity index (χ1n) is 5.51. The van der Waals surface area contributed by atoms with Crippen LogP contribution in [-0.4, -0.2) is 26.6 Å². The minimum Gasteiger partial charge on any atom is -0.291 e. The zero-order chi connectivity index (χ0) is 11.5. The maximum Gasteiger partial charge on any atom is 0.192 e. The molecule has 5 heteroatoms. The number of carbonyl (C=O) groups is 1. The Morgan fingerprint density at radius 3 is 2.88 bits per heavy atom. The molecule has 0 unspecified atom stereocenters. The van der Waals surface area contributed by atoms with Crippen LogP contribution in [0.1, 0.15) is 36.2 Å². The number of nitrogens with zero attached hydrogens (tertiary/aromatic N) is 2. The van der Waals surface area contributed by atoms with E-state index in [0.29, 0.717) is 21.7 Å². The molecule has 0 aromatic carbocycles. The van der Waals surface area contributed by atoms with Crippen LogP contribution >= 0.6 is 23.4 Å². The fourth-order valence-corrected chi connectivity index (χ4v) is 3.50. The molecule has 1 fully saturated rings. The molecule has 88 valence electrons. The Kier molecular flexibility index (Phi) is 3.92. The zero-order valence-corrected chi connectivity index (χ0v) is 10.9. The number of thioether (sulfide) groups is 1. The van der Waals surface area contributed by atoms with Crippen LogP contribution in [0.3, 0.4) is 0 Å². The summed E-state index contributed by atoms with van der Waals surface area (Å²) in [6.07, 6.45) is 6.62. The van der Waals surface area contributed by atoms with E-state index in [9.17, 15) is 4.79 Å². The summed E-state index contributed by atoms with van der Waals surface area (Å²) in [7, 11) is 1.75. The highest BCUT2D eigenvalue weighted by Crippen LogP contribution is 2.30. The fourth-order valence-electron chi connectivity index (χ4n) is 2.04. The van der Waals surface area contributed by atoms with E-state index in [1.807, 2.05) is 0 Å². The molecule has 1 aromatic heterocycles. The number of ketones is 1. The molecule has 0 radical (unpaired) electrons. The van der Waals surface area contributed by atoms with E-state index in [1.54, 1.807) is 23.5 Å². The highest BCUT2D eigenvalue weighted by Gasteiger charge is 2.20. The largest absolute Gasteiger partial charge is 0.291 e. The number of hydrogen-bond donors (Lipinski definition) is 0. The summed E-state index contributed by atoms with van der Waals surface area (Å²) >= 11 is 7.68. The van der Waals surface area contributed by atoms with Gasteiger partial charge in [-0.25, -0.2) is 0 Å². The normalized spacial score (nSPS) is 16.9. The Morgan fingerprint density at radius 2 is 2.31 bits per heavy atom. The van der Waals surface area contributed by atoms with Gasteiger partial charge in [-0.1, -0.05) is 24.4 Å². The molecule has 0 amide bonds. The topological polar surface area (TPSA) is 34.9 Å². The molecule has 0 spiro atoms. The van der Waals surface area contributed by atoms with E-state index in [0.717, 1.165) is 0 Å². The SMILES string of the molecule is Cn1ncc(Cl)c1C(=O)CSC1CCCC1. The monoisotopic (exact) mass is 258 g/mol. The van der Waals surface area contributed by atoms with Crippen molar-refractivity contribution in [1.29, 1.82) is 0 Å². The highest BCUT2D eigenvalue weighted by atomic mass is 35.5. The Bertz CT molecular complexity index is 366. The van der Waals surface area contributed by atoms with Crippen molar-refractivity contribution >= 4 is 29.1 Å². The molecule has 0 bridgehead atoms. The zero-order valence-electron chi connectivity index (χ0n) is 9.28. The number of aryl methyl sites for hydroxylation is 1. The van der Waals surface area contributed by atoms with Gasteiger partial charge in [0.1, 0.15) is 5.69 Å². The summed E-state index contributed by atoms with van der Waals surface area (Å²) in [6.45, 7) is 0. The molecule has 1 aromatic rings. The highest BCUT2D eigenvalue weighted by molar-refractivity contribution is 8.00. The van der Waals surface area contributed by atoms with Crippen molar-refractivity contribution < 1.29 is 4.79 Å². The van der Waals surface area contributed by atoms with Crippen LogP contribution in [-0.2, 0) is 7.05 Å². The lowest BCUT2D eigenvalue weighted by molar-refractivity contribution is 0.101. The summed E-state index contributed by atoms with van der Waals surface area (Å²) in [4.78, 5) is 11.9. The minimum atomic E-state index is 0.0851. The van der Waals surface area contributed by atoms with Crippen molar-refractivity contribution in [3.8, 4) is 0 Å². The fraction of sp³-hybridized carbons (Fsp3) is 0.636. The molecule has 0 atom stereocenters. The summed E-state index contributed by atoms with van der Waals surface area (Å²) in [5.74, 6) is 0.603. The van der Waals surface area contributed by atoms with Gasteiger partial charge in [0.2, 0.25) is 0 Å². The van der Waals surface area contributed by atoms with Crippen LogP contribution in [0.15, 0.2) is 6.20 Å². The van der Waals surface area contributed by atoms with Gasteiger partial charge in [-0.05, 0) is 12.8 Å². The molecule has 0 N–H and O–H groups in total. The van der Waals surface area contributed by atoms with Crippen LogP contribution in [0, 0.1) is 0 Å². The van der Waals surface area contributed by atoms with Crippen LogP contribution in [0.25, 0.3) is 0 Å². The third kappa shape index (κ3) is 2.61. The number of hydrogen-bond acceptors (Lipinski definition) is 3. The van der Waals surface area contributed by atoms with E-state index < -0.39 is 0 Å². The molecule has 1 saturated carbocycles. The van der Waals surface area contributed by atoms with Crippen molar-refractivity contribution in [2.45, 2.75) is 30.9 Å². The number of halogens is 1. The van der Waals surface area contributed by atoms with E-state index in [-0.39, 0.29) is 5.78 Å². The Hall–Kier alpha value is -0.480. The van der Waals surface area contributed by atoms with Crippen molar-refractivity contribution in [2.75, 3.05) is 5.75 Å². The predicted molar refractivity (Wildman–Crippen MR) is 67.3 cm³/mol. The lowest BCUT2D eigenvalue weighted by atomic mass is 10.3. The molecule has 16 heavy (non-hydrogen) atoms. The maximum absolute atomic E-state index is 11.9. The van der Waals surface area contributed by atoms with E-state index >= 15 is 0 Å². The van der Waals surface area contributed by atoms with Gasteiger partial charge in [0.25, 0.3) is 0 Å². The average Bonchev–Trinajstić information content (AvgIpc) is 2.86. The lowest BCUT2D eigenvalue weighted by Crippen LogP contribution is -2.11. The van der Waals surface area contributed by atoms with Crippen molar-refractivity contribution in [3.05, 3.63) is 16.9 Å². The maximum atomic E-state index is 11.9. The number of aromatic nitrogens is 2. The second-order valence-corrected chi connectivity index (χ2v) is 5.80. The quantitative estimate of drug-likeness (QED) is 0.779. The third-order valence-electron chi connectivity index (χ3n) is 2.91. The van der Waals surface area contributed by atoms with E-state index in [4.69, 9.17) is 11.6 Å². The van der Waals surface area contributed by atoms with Crippen LogP contribution in [0.2, 0.25) is 5.02 Å². The molecule has 3 nitrogen and oxygen atoms in total. The Labute approximate surface area is 105 Å². The van der Waals surface area contributed by atoms with Crippen molar-refractivity contribution in [3.63, 3.8) is 0 Å². The Balaban J connectivity index is 1.92. The smallest absolute Gasteiger partial charge is 0.192 e. The summed E-state index contributed by atoms with van der Waals surface area (Å²) in [5, 5.41) is 5.09. The van der Waals surface area contributed by atoms with Crippen LogP contribution in [0.4, 0.5) is 0 Å². The van der Waals surface area contributed by atoms with Gasteiger partial charge in [-0.15, -0.1) is 0 Å². The van der Waals surface area contributed by atoms with Gasteiger partial charge < -0.3 is 0 Å². The molecule has 1 heterocycles. The predicted octanol–water partition coefficient (Wildman–Crippen LogP) is 2.93. The number of rotatable bonds is 4. The molecular formula is C11H15ClN2OS. The molecule has 0 saturated heterocycles. The molecule has 1 aliphatic carbocycles. The molecule has 0 aliphatic heterocycles. The van der Waals surface area contributed by atoms with Gasteiger partial charge in [0, 0.05) is 12.3 Å². The first-order valence-corrected chi connectivity index (χ1v) is 6.93. The van der Waals surface area contributed by atoms with Gasteiger partial charge in [-0.3, -0.25) is 9.48 Å². The summed E-state index contributed by atoms with van der Waals surface area (Å²) in [6, 6.07) is 0. The second-order valence-electron chi connectivity index (χ2n) is 4.11. The number of Topliss-reactive ketones (excluding diaryl/α,β-unsaturated/α-hetero) is 1.